The van der Waals surface area contributed by atoms with Gasteiger partial charge in [-0.25, -0.2) is 0 Å². The molecule has 0 aliphatic rings. The maximum absolute atomic E-state index is 11.1. The molecule has 0 saturated heterocycles. The monoisotopic (exact) mass is 331 g/mol. The Morgan fingerprint density at radius 2 is 2.10 bits per heavy atom. The lowest BCUT2D eigenvalue weighted by atomic mass is 10.2. The first kappa shape index (κ1) is 17.3. The van der Waals surface area contributed by atoms with E-state index in [1.165, 1.54) is 0 Å². The van der Waals surface area contributed by atoms with Crippen LogP contribution in [-0.2, 0) is 16.1 Å². The highest BCUT2D eigenvalue weighted by atomic mass is 35.5. The minimum atomic E-state index is -0.145. The summed E-state index contributed by atoms with van der Waals surface area (Å²) in [5.41, 5.74) is 1.13. The second-order valence-corrected chi connectivity index (χ2v) is 6.23. The van der Waals surface area contributed by atoms with Gasteiger partial charge in [-0.2, -0.15) is 0 Å². The van der Waals surface area contributed by atoms with E-state index in [4.69, 9.17) is 28.6 Å². The fraction of sp³-hybridized carbons (Fsp3) is 0.429. The molecule has 1 aromatic carbocycles. The first-order chi connectivity index (χ1) is 9.61. The minimum absolute atomic E-state index is 0.145. The number of carbonyl (C=O) groups is 1. The van der Waals surface area contributed by atoms with Crippen LogP contribution in [0.3, 0.4) is 0 Å². The molecule has 0 bridgehead atoms. The van der Waals surface area contributed by atoms with Crippen LogP contribution in [0.5, 0.6) is 0 Å². The van der Waals surface area contributed by atoms with Crippen LogP contribution >= 0.6 is 35.6 Å². The molecule has 0 saturated carbocycles. The Morgan fingerprint density at radius 1 is 1.40 bits per heavy atom. The number of nitrogens with one attached hydrogen (secondary N) is 1. The van der Waals surface area contributed by atoms with Crippen molar-refractivity contribution in [3.63, 3.8) is 0 Å². The lowest BCUT2D eigenvalue weighted by molar-refractivity contribution is -0.143. The van der Waals surface area contributed by atoms with Crippen molar-refractivity contribution in [2.24, 2.45) is 0 Å². The number of hydrogen-bond acceptors (Lipinski definition) is 4. The number of rotatable bonds is 7. The summed E-state index contributed by atoms with van der Waals surface area (Å²) in [7, 11) is 0. The molecule has 1 aromatic rings. The Balaban J connectivity index is 2.11. The zero-order valence-corrected chi connectivity index (χ0v) is 13.7. The van der Waals surface area contributed by atoms with Gasteiger partial charge in [-0.1, -0.05) is 47.7 Å². The van der Waals surface area contributed by atoms with Crippen molar-refractivity contribution < 1.29 is 9.53 Å². The molecular weight excluding hydrogens is 314 g/mol. The summed E-state index contributed by atoms with van der Waals surface area (Å²) in [4.78, 5) is 11.1. The Morgan fingerprint density at radius 3 is 2.75 bits per heavy atom. The van der Waals surface area contributed by atoms with Gasteiger partial charge in [0.25, 0.3) is 0 Å². The van der Waals surface area contributed by atoms with Gasteiger partial charge in [0.1, 0.15) is 4.32 Å². The molecule has 0 aliphatic heterocycles. The summed E-state index contributed by atoms with van der Waals surface area (Å²) in [6.45, 7) is 2.93. The van der Waals surface area contributed by atoms with E-state index in [0.29, 0.717) is 19.6 Å². The van der Waals surface area contributed by atoms with Crippen LogP contribution < -0.4 is 5.32 Å². The van der Waals surface area contributed by atoms with Gasteiger partial charge in [-0.15, -0.1) is 0 Å². The number of thioether (sulfide) groups is 1. The van der Waals surface area contributed by atoms with Crippen molar-refractivity contribution in [2.75, 3.05) is 12.4 Å². The van der Waals surface area contributed by atoms with E-state index >= 15 is 0 Å². The van der Waals surface area contributed by atoms with Crippen LogP contribution in [0.4, 0.5) is 0 Å². The van der Waals surface area contributed by atoms with Crippen LogP contribution in [0.2, 0.25) is 5.02 Å². The molecule has 3 nitrogen and oxygen atoms in total. The molecule has 0 heterocycles. The normalized spacial score (nSPS) is 10.1. The lowest BCUT2D eigenvalue weighted by Crippen LogP contribution is -2.18. The van der Waals surface area contributed by atoms with Crippen molar-refractivity contribution in [1.29, 1.82) is 0 Å². The number of carbonyl (C=O) groups excluding carboxylic acids is 1. The number of halogens is 1. The highest BCUT2D eigenvalue weighted by Gasteiger charge is 2.03. The smallest absolute Gasteiger partial charge is 0.305 e. The SMILES string of the molecule is CCOC(=O)CCCSC(=S)NCc1ccc(Cl)cc1. The van der Waals surface area contributed by atoms with Gasteiger partial charge in [0.2, 0.25) is 0 Å². The maximum atomic E-state index is 11.1. The molecule has 0 aromatic heterocycles. The van der Waals surface area contributed by atoms with E-state index in [2.05, 4.69) is 5.32 Å². The molecular formula is C14H18ClNO2S2. The Hall–Kier alpha value is -0.780. The van der Waals surface area contributed by atoms with Crippen molar-refractivity contribution >= 4 is 45.9 Å². The number of benzene rings is 1. The van der Waals surface area contributed by atoms with Gasteiger partial charge < -0.3 is 10.1 Å². The van der Waals surface area contributed by atoms with E-state index < -0.39 is 0 Å². The van der Waals surface area contributed by atoms with Crippen LogP contribution in [0.25, 0.3) is 0 Å². The van der Waals surface area contributed by atoms with Gasteiger partial charge >= 0.3 is 5.97 Å². The van der Waals surface area contributed by atoms with Gasteiger partial charge in [0.15, 0.2) is 0 Å². The standard InChI is InChI=1S/C14H18ClNO2S2/c1-2-18-13(17)4-3-9-20-14(19)16-10-11-5-7-12(15)8-6-11/h5-8H,2-4,9-10H2,1H3,(H,16,19). The Kier molecular flexibility index (Phi) is 8.65. The predicted octanol–water partition coefficient (Wildman–Crippen LogP) is 3.79. The number of ether oxygens (including phenoxy) is 1. The Labute approximate surface area is 134 Å². The van der Waals surface area contributed by atoms with E-state index in [9.17, 15) is 4.79 Å². The largest absolute Gasteiger partial charge is 0.466 e. The average Bonchev–Trinajstić information content (AvgIpc) is 2.43. The molecule has 1 N–H and O–H groups in total. The van der Waals surface area contributed by atoms with Crippen LogP contribution in [0, 0.1) is 0 Å². The molecule has 0 aliphatic carbocycles. The van der Waals surface area contributed by atoms with Crippen molar-refractivity contribution in [2.45, 2.75) is 26.3 Å². The number of esters is 1. The van der Waals surface area contributed by atoms with Crippen LogP contribution in [0.1, 0.15) is 25.3 Å². The summed E-state index contributed by atoms with van der Waals surface area (Å²) in [5, 5.41) is 3.89. The molecule has 110 valence electrons. The first-order valence-electron chi connectivity index (χ1n) is 6.42. The predicted molar refractivity (Wildman–Crippen MR) is 89.2 cm³/mol. The summed E-state index contributed by atoms with van der Waals surface area (Å²) < 4.78 is 5.60. The summed E-state index contributed by atoms with van der Waals surface area (Å²) in [5.74, 6) is 0.666. The molecule has 20 heavy (non-hydrogen) atoms. The molecule has 0 atom stereocenters. The molecule has 0 amide bonds. The second-order valence-electron chi connectivity index (χ2n) is 4.02. The third-order valence-corrected chi connectivity index (χ3v) is 4.06. The molecule has 0 spiro atoms. The summed E-state index contributed by atoms with van der Waals surface area (Å²) >= 11 is 12.6. The van der Waals surface area contributed by atoms with Gasteiger partial charge in [-0.05, 0) is 31.0 Å². The summed E-state index contributed by atoms with van der Waals surface area (Å²) in [6.07, 6.45) is 1.22. The highest BCUT2D eigenvalue weighted by Crippen LogP contribution is 2.11. The fourth-order valence-corrected chi connectivity index (χ4v) is 2.54. The van der Waals surface area contributed by atoms with E-state index in [1.54, 1.807) is 11.8 Å². The van der Waals surface area contributed by atoms with E-state index in [1.807, 2.05) is 31.2 Å². The van der Waals surface area contributed by atoms with Crippen molar-refractivity contribution in [3.05, 3.63) is 34.9 Å². The van der Waals surface area contributed by atoms with Gasteiger partial charge in [0.05, 0.1) is 6.61 Å². The molecule has 0 unspecified atom stereocenters. The third-order valence-electron chi connectivity index (χ3n) is 2.41. The summed E-state index contributed by atoms with van der Waals surface area (Å²) in [6, 6.07) is 7.63. The van der Waals surface area contributed by atoms with E-state index in [0.717, 1.165) is 27.1 Å². The second kappa shape index (κ2) is 10.0. The minimum Gasteiger partial charge on any atom is -0.466 e. The Bertz CT molecular complexity index is 437. The van der Waals surface area contributed by atoms with E-state index in [-0.39, 0.29) is 5.97 Å². The van der Waals surface area contributed by atoms with Gasteiger partial charge in [0, 0.05) is 23.7 Å². The molecule has 6 heteroatoms. The maximum Gasteiger partial charge on any atom is 0.305 e. The topological polar surface area (TPSA) is 38.3 Å². The van der Waals surface area contributed by atoms with Crippen LogP contribution in [-0.4, -0.2) is 22.6 Å². The lowest BCUT2D eigenvalue weighted by Gasteiger charge is -2.07. The quantitative estimate of drug-likeness (QED) is 0.467. The number of hydrogen-bond donors (Lipinski definition) is 1. The fourth-order valence-electron chi connectivity index (χ4n) is 1.44. The average molecular weight is 332 g/mol. The van der Waals surface area contributed by atoms with Gasteiger partial charge in [-0.3, -0.25) is 4.79 Å². The van der Waals surface area contributed by atoms with Crippen molar-refractivity contribution in [3.8, 4) is 0 Å². The number of thiocarbonyl (C=S) groups is 1. The van der Waals surface area contributed by atoms with Crippen LogP contribution in [0.15, 0.2) is 24.3 Å². The highest BCUT2D eigenvalue weighted by molar-refractivity contribution is 8.22. The zero-order chi connectivity index (χ0) is 14.8. The molecule has 0 fully saturated rings. The first-order valence-corrected chi connectivity index (χ1v) is 8.19. The molecule has 0 radical (unpaired) electrons. The third kappa shape index (κ3) is 7.72. The van der Waals surface area contributed by atoms with Crippen molar-refractivity contribution in [1.82, 2.24) is 5.32 Å². The zero-order valence-electron chi connectivity index (χ0n) is 11.4. The molecule has 1 rings (SSSR count).